The van der Waals surface area contributed by atoms with Crippen molar-refractivity contribution in [2.75, 3.05) is 11.1 Å². The number of anilines is 1. The molecule has 0 spiro atoms. The van der Waals surface area contributed by atoms with Crippen LogP contribution >= 0.6 is 23.4 Å². The zero-order chi connectivity index (χ0) is 24.1. The molecule has 0 unspecified atom stereocenters. The number of hydrogen-bond donors (Lipinski definition) is 1. The molecule has 174 valence electrons. The van der Waals surface area contributed by atoms with E-state index >= 15 is 0 Å². The third-order valence-corrected chi connectivity index (χ3v) is 5.94. The van der Waals surface area contributed by atoms with E-state index in [2.05, 4.69) is 15.5 Å². The van der Waals surface area contributed by atoms with Gasteiger partial charge in [-0.3, -0.25) is 9.36 Å². The van der Waals surface area contributed by atoms with Gasteiger partial charge in [0.25, 0.3) is 0 Å². The molecule has 1 heterocycles. The lowest BCUT2D eigenvalue weighted by molar-refractivity contribution is -0.137. The summed E-state index contributed by atoms with van der Waals surface area (Å²) >= 11 is 7.31. The average molecular weight is 503 g/mol. The summed E-state index contributed by atoms with van der Waals surface area (Å²) in [5.41, 5.74) is 1.02. The average Bonchev–Trinajstić information content (AvgIpc) is 3.20. The van der Waals surface area contributed by atoms with Crippen molar-refractivity contribution in [1.29, 1.82) is 0 Å². The smallest absolute Gasteiger partial charge is 0.325 e. The zero-order valence-electron chi connectivity index (χ0n) is 17.6. The molecule has 3 aromatic carbocycles. The molecule has 0 fully saturated rings. The van der Waals surface area contributed by atoms with Gasteiger partial charge in [-0.25, -0.2) is 0 Å². The number of benzene rings is 3. The molecule has 4 aromatic rings. The summed E-state index contributed by atoms with van der Waals surface area (Å²) in [6, 6.07) is 21.4. The lowest BCUT2D eigenvalue weighted by Crippen LogP contribution is -2.15. The maximum absolute atomic E-state index is 12.9. The molecule has 0 aliphatic heterocycles. The molecular formula is C24H18ClF3N4OS. The van der Waals surface area contributed by atoms with Crippen molar-refractivity contribution in [2.45, 2.75) is 17.8 Å². The number of alkyl halides is 3. The fourth-order valence-corrected chi connectivity index (χ4v) is 4.22. The molecule has 10 heteroatoms. The van der Waals surface area contributed by atoms with Crippen molar-refractivity contribution in [3.8, 4) is 5.69 Å². The molecule has 1 N–H and O–H groups in total. The van der Waals surface area contributed by atoms with Gasteiger partial charge in [0.05, 0.1) is 17.0 Å². The maximum Gasteiger partial charge on any atom is 0.416 e. The Balaban J connectivity index is 1.53. The molecule has 0 aliphatic rings. The standard InChI is InChI=1S/C24H18ClF3N4OS/c25-18-9-5-11-20(14-18)32-21(12-16-6-2-1-3-7-16)30-31-23(32)34-15-22(33)29-19-10-4-8-17(13-19)24(26,27)28/h1-11,13-14H,12,15H2,(H,29,33). The van der Waals surface area contributed by atoms with E-state index in [1.54, 1.807) is 18.2 Å². The Kier molecular flexibility index (Phi) is 7.23. The first-order valence-corrected chi connectivity index (χ1v) is 11.5. The molecule has 4 rings (SSSR count). The van der Waals surface area contributed by atoms with Gasteiger partial charge in [0, 0.05) is 17.1 Å². The SMILES string of the molecule is O=C(CSc1nnc(Cc2ccccc2)n1-c1cccc(Cl)c1)Nc1cccc(C(F)(F)F)c1. The Morgan fingerprint density at radius 2 is 1.74 bits per heavy atom. The van der Waals surface area contributed by atoms with Gasteiger partial charge in [0.2, 0.25) is 5.91 Å². The van der Waals surface area contributed by atoms with Crippen molar-refractivity contribution < 1.29 is 18.0 Å². The van der Waals surface area contributed by atoms with Crippen LogP contribution in [0.1, 0.15) is 17.0 Å². The summed E-state index contributed by atoms with van der Waals surface area (Å²) in [5, 5.41) is 12.1. The predicted molar refractivity (Wildman–Crippen MR) is 126 cm³/mol. The highest BCUT2D eigenvalue weighted by molar-refractivity contribution is 7.99. The molecule has 0 bridgehead atoms. The maximum atomic E-state index is 12.9. The lowest BCUT2D eigenvalue weighted by atomic mass is 10.1. The Morgan fingerprint density at radius 1 is 0.971 bits per heavy atom. The minimum Gasteiger partial charge on any atom is -0.325 e. The van der Waals surface area contributed by atoms with Gasteiger partial charge in [-0.2, -0.15) is 13.2 Å². The number of halogens is 4. The highest BCUT2D eigenvalue weighted by Gasteiger charge is 2.30. The Morgan fingerprint density at radius 3 is 2.47 bits per heavy atom. The van der Waals surface area contributed by atoms with Crippen molar-refractivity contribution in [1.82, 2.24) is 14.8 Å². The van der Waals surface area contributed by atoms with E-state index in [0.29, 0.717) is 22.4 Å². The zero-order valence-corrected chi connectivity index (χ0v) is 19.2. The van der Waals surface area contributed by atoms with Crippen molar-refractivity contribution in [3.63, 3.8) is 0 Å². The highest BCUT2D eigenvalue weighted by Crippen LogP contribution is 2.31. The Bertz CT molecular complexity index is 1290. The van der Waals surface area contributed by atoms with Crippen molar-refractivity contribution in [2.24, 2.45) is 0 Å². The minimum atomic E-state index is -4.49. The summed E-state index contributed by atoms with van der Waals surface area (Å²) < 4.78 is 40.6. The van der Waals surface area contributed by atoms with Crippen LogP contribution in [-0.2, 0) is 17.4 Å². The highest BCUT2D eigenvalue weighted by atomic mass is 35.5. The first kappa shape index (κ1) is 23.8. The summed E-state index contributed by atoms with van der Waals surface area (Å²) in [5.74, 6) is 0.129. The first-order valence-electron chi connectivity index (χ1n) is 10.1. The fraction of sp³-hybridized carbons (Fsp3) is 0.125. The van der Waals surface area contributed by atoms with Crippen molar-refractivity contribution in [3.05, 3.63) is 101 Å². The number of nitrogens with zero attached hydrogens (tertiary/aromatic N) is 3. The third-order valence-electron chi connectivity index (χ3n) is 4.78. The first-order chi connectivity index (χ1) is 16.3. The van der Waals surface area contributed by atoms with Crippen molar-refractivity contribution >= 4 is 35.0 Å². The van der Waals surface area contributed by atoms with Gasteiger partial charge in [-0.05, 0) is 42.0 Å². The van der Waals surface area contributed by atoms with E-state index in [1.807, 2.05) is 41.0 Å². The summed E-state index contributed by atoms with van der Waals surface area (Å²) in [6.07, 6.45) is -3.98. The monoisotopic (exact) mass is 502 g/mol. The fourth-order valence-electron chi connectivity index (χ4n) is 3.26. The predicted octanol–water partition coefficient (Wildman–Crippen LogP) is 6.26. The number of aromatic nitrogens is 3. The summed E-state index contributed by atoms with van der Waals surface area (Å²) in [4.78, 5) is 12.5. The third kappa shape index (κ3) is 5.98. The number of rotatable bonds is 7. The van der Waals surface area contributed by atoms with Gasteiger partial charge in [-0.1, -0.05) is 65.8 Å². The van der Waals surface area contributed by atoms with Crippen LogP contribution in [-0.4, -0.2) is 26.4 Å². The molecule has 0 atom stereocenters. The van der Waals surface area contributed by atoms with Gasteiger partial charge in [-0.15, -0.1) is 10.2 Å². The molecule has 0 aliphatic carbocycles. The van der Waals surface area contributed by atoms with Crippen LogP contribution in [0.3, 0.4) is 0 Å². The van der Waals surface area contributed by atoms with Gasteiger partial charge < -0.3 is 5.32 Å². The molecule has 0 radical (unpaired) electrons. The molecule has 1 aromatic heterocycles. The van der Waals surface area contributed by atoms with E-state index in [4.69, 9.17) is 11.6 Å². The molecule has 0 saturated heterocycles. The van der Waals surface area contributed by atoms with Gasteiger partial charge >= 0.3 is 6.18 Å². The van der Waals surface area contributed by atoms with Crippen LogP contribution in [0.15, 0.2) is 84.0 Å². The Labute approximate surface area is 203 Å². The van der Waals surface area contributed by atoms with Crippen LogP contribution in [0.25, 0.3) is 5.69 Å². The summed E-state index contributed by atoms with van der Waals surface area (Å²) in [7, 11) is 0. The second kappa shape index (κ2) is 10.3. The van der Waals surface area contributed by atoms with Crippen LogP contribution in [0.4, 0.5) is 18.9 Å². The van der Waals surface area contributed by atoms with Crippen LogP contribution in [0, 0.1) is 0 Å². The largest absolute Gasteiger partial charge is 0.416 e. The topological polar surface area (TPSA) is 59.8 Å². The number of hydrogen-bond acceptors (Lipinski definition) is 4. The minimum absolute atomic E-state index is 0.0692. The normalized spacial score (nSPS) is 11.4. The molecule has 5 nitrogen and oxygen atoms in total. The van der Waals surface area contributed by atoms with E-state index in [9.17, 15) is 18.0 Å². The number of amides is 1. The van der Waals surface area contributed by atoms with E-state index in [-0.39, 0.29) is 11.4 Å². The lowest BCUT2D eigenvalue weighted by Gasteiger charge is -2.11. The second-order valence-electron chi connectivity index (χ2n) is 7.29. The molecule has 0 saturated carbocycles. The van der Waals surface area contributed by atoms with E-state index in [0.717, 1.165) is 35.1 Å². The van der Waals surface area contributed by atoms with Crippen LogP contribution in [0.5, 0.6) is 0 Å². The van der Waals surface area contributed by atoms with Crippen LogP contribution < -0.4 is 5.32 Å². The van der Waals surface area contributed by atoms with E-state index < -0.39 is 17.6 Å². The van der Waals surface area contributed by atoms with E-state index in [1.165, 1.54) is 12.1 Å². The molecule has 34 heavy (non-hydrogen) atoms. The van der Waals surface area contributed by atoms with Gasteiger partial charge in [0.15, 0.2) is 5.16 Å². The number of carbonyl (C=O) groups is 1. The quantitative estimate of drug-likeness (QED) is 0.303. The second-order valence-corrected chi connectivity index (χ2v) is 8.67. The Hall–Kier alpha value is -3.30. The molecule has 1 amide bonds. The molecular weight excluding hydrogens is 485 g/mol. The van der Waals surface area contributed by atoms with Gasteiger partial charge in [0.1, 0.15) is 5.82 Å². The summed E-state index contributed by atoms with van der Waals surface area (Å²) in [6.45, 7) is 0. The number of thioether (sulfide) groups is 1. The van der Waals surface area contributed by atoms with Crippen LogP contribution in [0.2, 0.25) is 5.02 Å². The number of carbonyl (C=O) groups excluding carboxylic acids is 1. The number of nitrogens with one attached hydrogen (secondary N) is 1.